The van der Waals surface area contributed by atoms with Crippen molar-refractivity contribution in [3.05, 3.63) is 40.3 Å². The van der Waals surface area contributed by atoms with E-state index >= 15 is 0 Å². The molecular formula is C17H20N2O3. The summed E-state index contributed by atoms with van der Waals surface area (Å²) in [7, 11) is 0. The molecular weight excluding hydrogens is 280 g/mol. The molecule has 116 valence electrons. The summed E-state index contributed by atoms with van der Waals surface area (Å²) in [6.45, 7) is 5.65. The van der Waals surface area contributed by atoms with Crippen LogP contribution in [0.3, 0.4) is 0 Å². The number of esters is 1. The highest BCUT2D eigenvalue weighted by atomic mass is 16.5. The first-order valence-electron chi connectivity index (χ1n) is 7.71. The number of hydrogen-bond donors (Lipinski definition) is 0. The molecule has 5 nitrogen and oxygen atoms in total. The van der Waals surface area contributed by atoms with Gasteiger partial charge >= 0.3 is 5.97 Å². The number of rotatable bonds is 4. The van der Waals surface area contributed by atoms with E-state index in [-0.39, 0.29) is 23.4 Å². The molecule has 0 bridgehead atoms. The second-order valence-electron chi connectivity index (χ2n) is 6.19. The van der Waals surface area contributed by atoms with Gasteiger partial charge in [0.05, 0.1) is 11.4 Å². The fourth-order valence-electron chi connectivity index (χ4n) is 2.59. The lowest BCUT2D eigenvalue weighted by atomic mass is 10.1. The summed E-state index contributed by atoms with van der Waals surface area (Å²) in [5.41, 5.74) is 0.0359. The first kappa shape index (κ1) is 14.8. The number of carbonyl (C=O) groups excluding carboxylic acids is 1. The van der Waals surface area contributed by atoms with E-state index in [2.05, 4.69) is 5.10 Å². The van der Waals surface area contributed by atoms with Crippen molar-refractivity contribution in [2.75, 3.05) is 0 Å². The molecule has 0 spiro atoms. The van der Waals surface area contributed by atoms with Crippen LogP contribution in [0.4, 0.5) is 0 Å². The van der Waals surface area contributed by atoms with Crippen molar-refractivity contribution in [1.82, 2.24) is 9.78 Å². The highest BCUT2D eigenvalue weighted by Crippen LogP contribution is 2.34. The van der Waals surface area contributed by atoms with E-state index in [0.29, 0.717) is 16.7 Å². The molecule has 1 atom stereocenters. The van der Waals surface area contributed by atoms with E-state index in [1.54, 1.807) is 24.3 Å². The SMILES string of the molecule is CC(C)n1nc(C(=O)O[C@H](C)C2CC2)c2ccccc2c1=O. The lowest BCUT2D eigenvalue weighted by Gasteiger charge is -2.15. The second-order valence-corrected chi connectivity index (χ2v) is 6.19. The van der Waals surface area contributed by atoms with Gasteiger partial charge in [-0.05, 0) is 45.6 Å². The molecule has 0 radical (unpaired) electrons. The lowest BCUT2D eigenvalue weighted by molar-refractivity contribution is 0.0287. The summed E-state index contributed by atoms with van der Waals surface area (Å²) < 4.78 is 6.87. The quantitative estimate of drug-likeness (QED) is 0.815. The molecule has 3 rings (SSSR count). The highest BCUT2D eigenvalue weighted by molar-refractivity contribution is 6.02. The summed E-state index contributed by atoms with van der Waals surface area (Å²) in [6, 6.07) is 6.93. The Morgan fingerprint density at radius 2 is 1.86 bits per heavy atom. The third kappa shape index (κ3) is 2.63. The Morgan fingerprint density at radius 3 is 2.45 bits per heavy atom. The average molecular weight is 300 g/mol. The van der Waals surface area contributed by atoms with Crippen molar-refractivity contribution in [2.24, 2.45) is 5.92 Å². The summed E-state index contributed by atoms with van der Waals surface area (Å²) in [4.78, 5) is 24.9. The van der Waals surface area contributed by atoms with Crippen LogP contribution in [-0.4, -0.2) is 21.9 Å². The molecule has 0 aliphatic heterocycles. The first-order valence-corrected chi connectivity index (χ1v) is 7.71. The summed E-state index contributed by atoms with van der Waals surface area (Å²) in [5.74, 6) is 0.0104. The molecule has 1 aromatic heterocycles. The van der Waals surface area contributed by atoms with Gasteiger partial charge in [0.2, 0.25) is 0 Å². The molecule has 0 N–H and O–H groups in total. The zero-order valence-corrected chi connectivity index (χ0v) is 13.1. The Labute approximate surface area is 128 Å². The van der Waals surface area contributed by atoms with Crippen molar-refractivity contribution in [2.45, 2.75) is 45.8 Å². The van der Waals surface area contributed by atoms with Crippen molar-refractivity contribution in [3.8, 4) is 0 Å². The lowest BCUT2D eigenvalue weighted by Crippen LogP contribution is -2.28. The molecule has 1 fully saturated rings. The Bertz CT molecular complexity index is 775. The van der Waals surface area contributed by atoms with Gasteiger partial charge in [0.25, 0.3) is 5.56 Å². The number of fused-ring (bicyclic) bond motifs is 1. The van der Waals surface area contributed by atoms with E-state index in [1.165, 1.54) is 4.68 Å². The van der Waals surface area contributed by atoms with Crippen molar-refractivity contribution < 1.29 is 9.53 Å². The largest absolute Gasteiger partial charge is 0.458 e. The zero-order valence-electron chi connectivity index (χ0n) is 13.1. The van der Waals surface area contributed by atoms with E-state index in [0.717, 1.165) is 12.8 Å². The van der Waals surface area contributed by atoms with Crippen molar-refractivity contribution >= 4 is 16.7 Å². The minimum Gasteiger partial charge on any atom is -0.458 e. The zero-order chi connectivity index (χ0) is 15.9. The smallest absolute Gasteiger partial charge is 0.359 e. The van der Waals surface area contributed by atoms with Gasteiger partial charge in [0.1, 0.15) is 6.10 Å². The fourth-order valence-corrected chi connectivity index (χ4v) is 2.59. The standard InChI is InChI=1S/C17H20N2O3/c1-10(2)19-16(20)14-7-5-4-6-13(14)15(18-19)17(21)22-11(3)12-8-9-12/h4-7,10-12H,8-9H2,1-3H3/t11-/m1/s1. The van der Waals surface area contributed by atoms with Gasteiger partial charge in [-0.25, -0.2) is 9.48 Å². The van der Waals surface area contributed by atoms with E-state index in [9.17, 15) is 9.59 Å². The number of carbonyl (C=O) groups is 1. The predicted molar refractivity (Wildman–Crippen MR) is 84.0 cm³/mol. The highest BCUT2D eigenvalue weighted by Gasteiger charge is 2.31. The molecule has 1 aromatic carbocycles. The average Bonchev–Trinajstić information content (AvgIpc) is 3.32. The predicted octanol–water partition coefficient (Wildman–Crippen LogP) is 2.93. The number of aromatic nitrogens is 2. The Kier molecular flexibility index (Phi) is 3.72. The van der Waals surface area contributed by atoms with Gasteiger partial charge < -0.3 is 4.74 Å². The molecule has 22 heavy (non-hydrogen) atoms. The molecule has 0 amide bonds. The van der Waals surface area contributed by atoms with Crippen LogP contribution in [0.1, 0.15) is 50.1 Å². The van der Waals surface area contributed by atoms with E-state index in [4.69, 9.17) is 4.74 Å². The van der Waals surface area contributed by atoms with Gasteiger partial charge in [0.15, 0.2) is 5.69 Å². The number of benzene rings is 1. The first-order chi connectivity index (χ1) is 10.5. The molecule has 2 aromatic rings. The normalized spacial score (nSPS) is 16.0. The van der Waals surface area contributed by atoms with Crippen LogP contribution in [0.2, 0.25) is 0 Å². The number of hydrogen-bond acceptors (Lipinski definition) is 4. The van der Waals surface area contributed by atoms with Gasteiger partial charge in [-0.3, -0.25) is 4.79 Å². The van der Waals surface area contributed by atoms with E-state index < -0.39 is 5.97 Å². The third-order valence-corrected chi connectivity index (χ3v) is 4.09. The molecule has 1 saturated carbocycles. The Morgan fingerprint density at radius 1 is 1.23 bits per heavy atom. The van der Waals surface area contributed by atoms with Gasteiger partial charge in [-0.15, -0.1) is 0 Å². The molecule has 0 saturated heterocycles. The molecule has 1 aliphatic rings. The van der Waals surface area contributed by atoms with Crippen molar-refractivity contribution in [3.63, 3.8) is 0 Å². The van der Waals surface area contributed by atoms with Gasteiger partial charge in [0, 0.05) is 5.39 Å². The topological polar surface area (TPSA) is 61.2 Å². The van der Waals surface area contributed by atoms with Gasteiger partial charge in [-0.2, -0.15) is 5.10 Å². The van der Waals surface area contributed by atoms with Crippen LogP contribution in [-0.2, 0) is 4.74 Å². The van der Waals surface area contributed by atoms with Crippen LogP contribution in [0.15, 0.2) is 29.1 Å². The maximum Gasteiger partial charge on any atom is 0.359 e. The summed E-state index contributed by atoms with van der Waals surface area (Å²) in [5, 5.41) is 5.31. The fraction of sp³-hybridized carbons (Fsp3) is 0.471. The maximum absolute atomic E-state index is 12.5. The Balaban J connectivity index is 2.09. The number of nitrogens with zero attached hydrogens (tertiary/aromatic N) is 2. The maximum atomic E-state index is 12.5. The van der Waals surface area contributed by atoms with Crippen LogP contribution in [0.5, 0.6) is 0 Å². The van der Waals surface area contributed by atoms with Gasteiger partial charge in [-0.1, -0.05) is 18.2 Å². The van der Waals surface area contributed by atoms with Crippen LogP contribution >= 0.6 is 0 Å². The molecule has 1 aliphatic carbocycles. The number of ether oxygens (including phenoxy) is 1. The monoisotopic (exact) mass is 300 g/mol. The molecule has 0 unspecified atom stereocenters. The second kappa shape index (κ2) is 5.55. The van der Waals surface area contributed by atoms with E-state index in [1.807, 2.05) is 20.8 Å². The summed E-state index contributed by atoms with van der Waals surface area (Å²) >= 11 is 0. The van der Waals surface area contributed by atoms with Crippen molar-refractivity contribution in [1.29, 1.82) is 0 Å². The molecule has 5 heteroatoms. The van der Waals surface area contributed by atoms with Crippen LogP contribution < -0.4 is 5.56 Å². The summed E-state index contributed by atoms with van der Waals surface area (Å²) in [6.07, 6.45) is 2.11. The Hall–Kier alpha value is -2.17. The van der Waals surface area contributed by atoms with Crippen LogP contribution in [0.25, 0.3) is 10.8 Å². The minimum atomic E-state index is -0.454. The third-order valence-electron chi connectivity index (χ3n) is 4.09. The minimum absolute atomic E-state index is 0.104. The molecule has 1 heterocycles. The van der Waals surface area contributed by atoms with Crippen LogP contribution in [0, 0.1) is 5.92 Å².